The summed E-state index contributed by atoms with van der Waals surface area (Å²) in [7, 11) is 1.60. The second kappa shape index (κ2) is 8.88. The molecular formula is C26H23NO4. The van der Waals surface area contributed by atoms with E-state index in [1.54, 1.807) is 13.2 Å². The average molecular weight is 413 g/mol. The number of aliphatic imine (C=N–C) groups is 1. The van der Waals surface area contributed by atoms with E-state index in [0.717, 1.165) is 16.7 Å². The van der Waals surface area contributed by atoms with Gasteiger partial charge in [0.1, 0.15) is 18.1 Å². The molecule has 1 aliphatic heterocycles. The second-order valence-corrected chi connectivity index (χ2v) is 7.33. The van der Waals surface area contributed by atoms with Gasteiger partial charge in [-0.15, -0.1) is 0 Å². The maximum absolute atomic E-state index is 12.5. The lowest BCUT2D eigenvalue weighted by atomic mass is 10.1. The van der Waals surface area contributed by atoms with Gasteiger partial charge in [0.05, 0.1) is 7.11 Å². The molecule has 156 valence electrons. The van der Waals surface area contributed by atoms with Crippen molar-refractivity contribution in [2.24, 2.45) is 4.99 Å². The lowest BCUT2D eigenvalue weighted by Crippen LogP contribution is -2.06. The summed E-state index contributed by atoms with van der Waals surface area (Å²) in [6, 6.07) is 21.3. The molecule has 0 fully saturated rings. The third-order valence-electron chi connectivity index (χ3n) is 4.98. The second-order valence-electron chi connectivity index (χ2n) is 7.33. The van der Waals surface area contributed by atoms with E-state index in [0.29, 0.717) is 29.6 Å². The Kier molecular flexibility index (Phi) is 5.85. The van der Waals surface area contributed by atoms with Gasteiger partial charge in [-0.2, -0.15) is 0 Å². The maximum Gasteiger partial charge on any atom is 0.363 e. The predicted octanol–water partition coefficient (Wildman–Crippen LogP) is 5.24. The summed E-state index contributed by atoms with van der Waals surface area (Å²) in [5, 5.41) is 0. The van der Waals surface area contributed by atoms with Crippen molar-refractivity contribution in [3.05, 3.63) is 100 Å². The Labute approximate surface area is 181 Å². The van der Waals surface area contributed by atoms with Crippen LogP contribution in [0.15, 0.2) is 77.4 Å². The molecule has 0 aromatic heterocycles. The van der Waals surface area contributed by atoms with Crippen LogP contribution in [0, 0.1) is 13.8 Å². The van der Waals surface area contributed by atoms with Crippen LogP contribution in [0.4, 0.5) is 0 Å². The molecule has 5 heteroatoms. The summed E-state index contributed by atoms with van der Waals surface area (Å²) in [4.78, 5) is 16.9. The topological polar surface area (TPSA) is 57.1 Å². The SMILES string of the molecule is COc1ccc(OCc2cccc(C)c2)c(C=C2N=C(c3ccccc3C)OC2=O)c1. The van der Waals surface area contributed by atoms with Crippen LogP contribution in [0.25, 0.3) is 6.08 Å². The minimum atomic E-state index is -0.495. The molecule has 5 nitrogen and oxygen atoms in total. The van der Waals surface area contributed by atoms with Crippen molar-refractivity contribution in [1.82, 2.24) is 0 Å². The lowest BCUT2D eigenvalue weighted by molar-refractivity contribution is -0.129. The molecule has 0 atom stereocenters. The van der Waals surface area contributed by atoms with Crippen molar-refractivity contribution in [2.75, 3.05) is 7.11 Å². The van der Waals surface area contributed by atoms with Crippen molar-refractivity contribution in [1.29, 1.82) is 0 Å². The van der Waals surface area contributed by atoms with Gasteiger partial charge in [0.15, 0.2) is 5.70 Å². The fourth-order valence-electron chi connectivity index (χ4n) is 3.35. The summed E-state index contributed by atoms with van der Waals surface area (Å²) in [5.74, 6) is 1.09. The van der Waals surface area contributed by atoms with Crippen molar-refractivity contribution < 1.29 is 19.0 Å². The highest BCUT2D eigenvalue weighted by atomic mass is 16.6. The van der Waals surface area contributed by atoms with Gasteiger partial charge in [0.2, 0.25) is 5.90 Å². The van der Waals surface area contributed by atoms with Crippen LogP contribution >= 0.6 is 0 Å². The van der Waals surface area contributed by atoms with E-state index in [9.17, 15) is 4.79 Å². The molecule has 0 bridgehead atoms. The van der Waals surface area contributed by atoms with Gasteiger partial charge in [0.25, 0.3) is 0 Å². The molecule has 3 aromatic carbocycles. The van der Waals surface area contributed by atoms with Crippen molar-refractivity contribution >= 4 is 17.9 Å². The maximum atomic E-state index is 12.5. The van der Waals surface area contributed by atoms with Crippen molar-refractivity contribution in [3.63, 3.8) is 0 Å². The molecule has 1 heterocycles. The number of hydrogen-bond donors (Lipinski definition) is 0. The number of carbonyl (C=O) groups excluding carboxylic acids is 1. The van der Waals surface area contributed by atoms with Gasteiger partial charge >= 0.3 is 5.97 Å². The Bertz CT molecular complexity index is 1190. The average Bonchev–Trinajstić information content (AvgIpc) is 3.13. The summed E-state index contributed by atoms with van der Waals surface area (Å²) in [6.07, 6.45) is 1.67. The van der Waals surface area contributed by atoms with E-state index in [2.05, 4.69) is 11.1 Å². The summed E-state index contributed by atoms with van der Waals surface area (Å²) < 4.78 is 16.8. The standard InChI is InChI=1S/C26H23NO4/c1-17-7-6-9-19(13-17)16-30-24-12-11-21(29-3)14-20(24)15-23-26(28)31-25(27-23)22-10-5-4-8-18(22)2/h4-15H,16H2,1-3H3. The Balaban J connectivity index is 1.65. The van der Waals surface area contributed by atoms with Crippen molar-refractivity contribution in [2.45, 2.75) is 20.5 Å². The van der Waals surface area contributed by atoms with E-state index in [1.165, 1.54) is 5.56 Å². The van der Waals surface area contributed by atoms with E-state index < -0.39 is 5.97 Å². The van der Waals surface area contributed by atoms with Gasteiger partial charge < -0.3 is 14.2 Å². The van der Waals surface area contributed by atoms with E-state index in [-0.39, 0.29) is 5.70 Å². The lowest BCUT2D eigenvalue weighted by Gasteiger charge is -2.11. The highest BCUT2D eigenvalue weighted by molar-refractivity contribution is 6.13. The first-order valence-electron chi connectivity index (χ1n) is 9.98. The van der Waals surface area contributed by atoms with Crippen LogP contribution < -0.4 is 9.47 Å². The summed E-state index contributed by atoms with van der Waals surface area (Å²) in [5.41, 5.74) is 4.92. The first kappa shape index (κ1) is 20.4. The van der Waals surface area contributed by atoms with Crippen LogP contribution in [0.2, 0.25) is 0 Å². The first-order chi connectivity index (χ1) is 15.0. The number of ether oxygens (including phenoxy) is 3. The molecule has 0 saturated carbocycles. The molecule has 0 spiro atoms. The monoisotopic (exact) mass is 413 g/mol. The number of nitrogens with zero attached hydrogens (tertiary/aromatic N) is 1. The fourth-order valence-corrected chi connectivity index (χ4v) is 3.35. The molecule has 0 N–H and O–H groups in total. The molecule has 0 unspecified atom stereocenters. The number of esters is 1. The van der Waals surface area contributed by atoms with Crippen LogP contribution in [-0.2, 0) is 16.1 Å². The molecule has 0 aliphatic carbocycles. The molecule has 0 saturated heterocycles. The zero-order chi connectivity index (χ0) is 21.8. The molecule has 4 rings (SSSR count). The summed E-state index contributed by atoms with van der Waals surface area (Å²) >= 11 is 0. The van der Waals surface area contributed by atoms with E-state index in [1.807, 2.05) is 74.5 Å². The largest absolute Gasteiger partial charge is 0.497 e. The Hall–Kier alpha value is -3.86. The van der Waals surface area contributed by atoms with Crippen LogP contribution in [0.1, 0.15) is 27.8 Å². The highest BCUT2D eigenvalue weighted by Crippen LogP contribution is 2.29. The molecule has 0 amide bonds. The number of rotatable bonds is 6. The first-order valence-corrected chi connectivity index (χ1v) is 9.98. The predicted molar refractivity (Wildman–Crippen MR) is 120 cm³/mol. The Morgan fingerprint density at radius 1 is 1.00 bits per heavy atom. The number of hydrogen-bond acceptors (Lipinski definition) is 5. The van der Waals surface area contributed by atoms with Gasteiger partial charge in [-0.25, -0.2) is 9.79 Å². The number of carbonyl (C=O) groups is 1. The van der Waals surface area contributed by atoms with Crippen LogP contribution in [0.5, 0.6) is 11.5 Å². The molecule has 1 aliphatic rings. The minimum absolute atomic E-state index is 0.215. The third kappa shape index (κ3) is 4.67. The van der Waals surface area contributed by atoms with Crippen LogP contribution in [0.3, 0.4) is 0 Å². The van der Waals surface area contributed by atoms with Gasteiger partial charge in [-0.3, -0.25) is 0 Å². The van der Waals surface area contributed by atoms with E-state index >= 15 is 0 Å². The van der Waals surface area contributed by atoms with Gasteiger partial charge in [0, 0.05) is 11.1 Å². The molecular weight excluding hydrogens is 390 g/mol. The molecule has 0 radical (unpaired) electrons. The van der Waals surface area contributed by atoms with E-state index in [4.69, 9.17) is 14.2 Å². The summed E-state index contributed by atoms with van der Waals surface area (Å²) in [6.45, 7) is 4.40. The van der Waals surface area contributed by atoms with Gasteiger partial charge in [-0.1, -0.05) is 48.0 Å². The Morgan fingerprint density at radius 3 is 2.61 bits per heavy atom. The third-order valence-corrected chi connectivity index (χ3v) is 4.98. The molecule has 3 aromatic rings. The zero-order valence-electron chi connectivity index (χ0n) is 17.7. The molecule has 31 heavy (non-hydrogen) atoms. The van der Waals surface area contributed by atoms with Crippen LogP contribution in [-0.4, -0.2) is 19.0 Å². The van der Waals surface area contributed by atoms with Crippen molar-refractivity contribution in [3.8, 4) is 11.5 Å². The quantitative estimate of drug-likeness (QED) is 0.410. The minimum Gasteiger partial charge on any atom is -0.497 e. The Morgan fingerprint density at radius 2 is 1.84 bits per heavy atom. The smallest absolute Gasteiger partial charge is 0.363 e. The number of benzene rings is 3. The normalized spacial score (nSPS) is 14.4. The zero-order valence-corrected chi connectivity index (χ0v) is 17.7. The number of methoxy groups -OCH3 is 1. The number of cyclic esters (lactones) is 1. The number of aryl methyl sites for hydroxylation is 2. The fraction of sp³-hybridized carbons (Fsp3) is 0.154. The van der Waals surface area contributed by atoms with Gasteiger partial charge in [-0.05, 0) is 55.3 Å². The highest BCUT2D eigenvalue weighted by Gasteiger charge is 2.25.